The van der Waals surface area contributed by atoms with Crippen molar-refractivity contribution in [1.82, 2.24) is 0 Å². The number of ether oxygens (including phenoxy) is 1. The van der Waals surface area contributed by atoms with E-state index >= 15 is 0 Å². The van der Waals surface area contributed by atoms with E-state index in [1.54, 1.807) is 48.5 Å². The zero-order valence-corrected chi connectivity index (χ0v) is 21.6. The fourth-order valence-corrected chi connectivity index (χ4v) is 7.17. The zero-order valence-electron chi connectivity index (χ0n) is 21.6. The van der Waals surface area contributed by atoms with Crippen molar-refractivity contribution >= 4 is 39.9 Å². The molecular weight excluding hydrogens is 500 g/mol. The molecule has 9 rings (SSSR count). The van der Waals surface area contributed by atoms with Gasteiger partial charge in [0.2, 0.25) is 11.8 Å². The van der Waals surface area contributed by atoms with Crippen LogP contribution in [-0.2, 0) is 9.59 Å². The third kappa shape index (κ3) is 3.59. The number of rotatable bonds is 5. The number of allylic oxidation sites excluding steroid dienone is 2. The Morgan fingerprint density at radius 2 is 1.40 bits per heavy atom. The number of fused-ring (bicyclic) bond motifs is 1. The molecule has 2 bridgehead atoms. The van der Waals surface area contributed by atoms with E-state index in [0.29, 0.717) is 34.5 Å². The fraction of sp³-hybridized carbons (Fsp3) is 0.206. The summed E-state index contributed by atoms with van der Waals surface area (Å²) in [6.07, 6.45) is 5.45. The first-order valence-electron chi connectivity index (χ1n) is 13.8. The Bertz CT molecular complexity index is 1710. The molecule has 40 heavy (non-hydrogen) atoms. The van der Waals surface area contributed by atoms with Gasteiger partial charge in [-0.3, -0.25) is 14.4 Å². The van der Waals surface area contributed by atoms with Gasteiger partial charge in [-0.25, -0.2) is 4.90 Å². The molecule has 6 nitrogen and oxygen atoms in total. The van der Waals surface area contributed by atoms with Crippen LogP contribution in [-0.4, -0.2) is 17.7 Å². The summed E-state index contributed by atoms with van der Waals surface area (Å²) in [5.74, 6) is 1.73. The normalized spacial score (nSPS) is 27.4. The second-order valence-electron chi connectivity index (χ2n) is 11.3. The number of hydrogen-bond donors (Lipinski definition) is 1. The summed E-state index contributed by atoms with van der Waals surface area (Å²) in [5, 5.41) is 5.15. The highest BCUT2D eigenvalue weighted by Crippen LogP contribution is 2.65. The first-order valence-corrected chi connectivity index (χ1v) is 13.8. The molecular formula is C34H26N2O4. The van der Waals surface area contributed by atoms with Crippen LogP contribution in [0.5, 0.6) is 11.5 Å². The maximum absolute atomic E-state index is 13.5. The van der Waals surface area contributed by atoms with Crippen molar-refractivity contribution in [3.8, 4) is 11.5 Å². The van der Waals surface area contributed by atoms with Gasteiger partial charge in [-0.2, -0.15) is 0 Å². The van der Waals surface area contributed by atoms with E-state index in [9.17, 15) is 14.4 Å². The Labute approximate surface area is 231 Å². The standard InChI is InChI=1S/C34H26N2O4/c37-32(35-22-9-12-24(13-10-22)40-25-11-8-19-4-1-2-5-20(19)17-25)21-6-3-7-23(16-21)36-33(38)30-26-14-15-27(29-18-28(26)29)31(30)34(36)39/h1-17,26-31H,18H2,(H,35,37)/t26-,27-,28-,29-,30+,31+/m0/s1. The number of hydrogen-bond acceptors (Lipinski definition) is 4. The van der Waals surface area contributed by atoms with Gasteiger partial charge in [0, 0.05) is 11.3 Å². The molecule has 0 unspecified atom stereocenters. The molecule has 0 spiro atoms. The van der Waals surface area contributed by atoms with Crippen LogP contribution in [0.4, 0.5) is 11.4 Å². The van der Waals surface area contributed by atoms with Crippen molar-refractivity contribution in [2.24, 2.45) is 35.5 Å². The van der Waals surface area contributed by atoms with E-state index in [4.69, 9.17) is 4.74 Å². The fourth-order valence-electron chi connectivity index (χ4n) is 7.17. The van der Waals surface area contributed by atoms with E-state index in [0.717, 1.165) is 22.9 Å². The third-order valence-corrected chi connectivity index (χ3v) is 9.10. The van der Waals surface area contributed by atoms with Gasteiger partial charge >= 0.3 is 0 Å². The average Bonchev–Trinajstić information content (AvgIpc) is 3.76. The van der Waals surface area contributed by atoms with E-state index < -0.39 is 0 Å². The lowest BCUT2D eigenvalue weighted by atomic mass is 9.63. The molecule has 4 aliphatic carbocycles. The molecule has 6 atom stereocenters. The molecule has 0 radical (unpaired) electrons. The van der Waals surface area contributed by atoms with Crippen molar-refractivity contribution in [2.75, 3.05) is 10.2 Å². The van der Waals surface area contributed by atoms with E-state index in [1.807, 2.05) is 36.4 Å². The Balaban J connectivity index is 0.971. The monoisotopic (exact) mass is 526 g/mol. The lowest BCUT2D eigenvalue weighted by Gasteiger charge is -2.37. The first kappa shape index (κ1) is 23.2. The topological polar surface area (TPSA) is 75.7 Å². The molecule has 1 saturated heterocycles. The summed E-state index contributed by atoms with van der Waals surface area (Å²) in [6.45, 7) is 0. The molecule has 6 heteroatoms. The highest BCUT2D eigenvalue weighted by molar-refractivity contribution is 6.23. The van der Waals surface area contributed by atoms with Crippen molar-refractivity contribution in [1.29, 1.82) is 0 Å². The number of carbonyl (C=O) groups is 3. The molecule has 196 valence electrons. The van der Waals surface area contributed by atoms with Crippen LogP contribution in [0.3, 0.4) is 0 Å². The Hall–Kier alpha value is -4.71. The van der Waals surface area contributed by atoms with E-state index in [2.05, 4.69) is 23.5 Å². The zero-order chi connectivity index (χ0) is 27.0. The first-order chi connectivity index (χ1) is 19.5. The number of amides is 3. The second-order valence-corrected chi connectivity index (χ2v) is 11.3. The van der Waals surface area contributed by atoms with Crippen molar-refractivity contribution in [3.63, 3.8) is 0 Å². The lowest BCUT2D eigenvalue weighted by Crippen LogP contribution is -2.40. The summed E-state index contributed by atoms with van der Waals surface area (Å²) >= 11 is 0. The summed E-state index contributed by atoms with van der Waals surface area (Å²) in [7, 11) is 0. The predicted octanol–water partition coefficient (Wildman–Crippen LogP) is 6.44. The number of nitrogens with zero attached hydrogens (tertiary/aromatic N) is 1. The smallest absolute Gasteiger partial charge is 0.255 e. The van der Waals surface area contributed by atoms with Gasteiger partial charge in [0.05, 0.1) is 17.5 Å². The van der Waals surface area contributed by atoms with Crippen molar-refractivity contribution < 1.29 is 19.1 Å². The quantitative estimate of drug-likeness (QED) is 0.240. The number of imide groups is 1. The molecule has 1 N–H and O–H groups in total. The molecule has 1 heterocycles. The minimum absolute atomic E-state index is 0.126. The van der Waals surface area contributed by atoms with Gasteiger partial charge in [-0.05, 0) is 95.5 Å². The van der Waals surface area contributed by atoms with Gasteiger partial charge in [0.15, 0.2) is 0 Å². The molecule has 5 aliphatic rings. The van der Waals surface area contributed by atoms with Crippen LogP contribution >= 0.6 is 0 Å². The van der Waals surface area contributed by atoms with Gasteiger partial charge in [-0.15, -0.1) is 0 Å². The Morgan fingerprint density at radius 1 is 0.725 bits per heavy atom. The van der Waals surface area contributed by atoms with Crippen LogP contribution < -0.4 is 15.0 Å². The molecule has 0 aromatic heterocycles. The number of carbonyl (C=O) groups excluding carboxylic acids is 3. The maximum atomic E-state index is 13.5. The van der Waals surface area contributed by atoms with Crippen LogP contribution in [0.25, 0.3) is 10.8 Å². The summed E-state index contributed by atoms with van der Waals surface area (Å²) in [5.41, 5.74) is 1.46. The molecule has 3 fully saturated rings. The van der Waals surface area contributed by atoms with Crippen LogP contribution in [0.2, 0.25) is 0 Å². The summed E-state index contributed by atoms with van der Waals surface area (Å²) in [4.78, 5) is 41.4. The lowest BCUT2D eigenvalue weighted by molar-refractivity contribution is -0.124. The highest BCUT2D eigenvalue weighted by Gasteiger charge is 2.67. The number of anilines is 2. The van der Waals surface area contributed by atoms with E-state index in [-0.39, 0.29) is 41.4 Å². The van der Waals surface area contributed by atoms with Gasteiger partial charge in [0.25, 0.3) is 5.91 Å². The largest absolute Gasteiger partial charge is 0.457 e. The molecule has 2 saturated carbocycles. The summed E-state index contributed by atoms with van der Waals surface area (Å²) in [6, 6.07) is 28.0. The molecule has 3 amide bonds. The van der Waals surface area contributed by atoms with Gasteiger partial charge < -0.3 is 10.1 Å². The number of benzene rings is 4. The minimum atomic E-state index is -0.315. The SMILES string of the molecule is O=C(Nc1ccc(Oc2ccc3ccccc3c2)cc1)c1cccc(N2C(=O)[C@@H]3[C@H]4C=C[C@@H]([C@@H]5C[C@@H]45)[C@H]3C2=O)c1. The predicted molar refractivity (Wildman–Crippen MR) is 152 cm³/mol. The van der Waals surface area contributed by atoms with Crippen LogP contribution in [0.1, 0.15) is 16.8 Å². The van der Waals surface area contributed by atoms with Crippen LogP contribution in [0, 0.1) is 35.5 Å². The molecule has 4 aromatic rings. The molecule has 4 aromatic carbocycles. The third-order valence-electron chi connectivity index (χ3n) is 9.10. The minimum Gasteiger partial charge on any atom is -0.457 e. The second kappa shape index (κ2) is 8.65. The van der Waals surface area contributed by atoms with Crippen LogP contribution in [0.15, 0.2) is 103 Å². The van der Waals surface area contributed by atoms with Gasteiger partial charge in [0.1, 0.15) is 11.5 Å². The Morgan fingerprint density at radius 3 is 2.12 bits per heavy atom. The van der Waals surface area contributed by atoms with Crippen molar-refractivity contribution in [2.45, 2.75) is 6.42 Å². The van der Waals surface area contributed by atoms with E-state index in [1.165, 1.54) is 4.90 Å². The number of nitrogens with one attached hydrogen (secondary N) is 1. The van der Waals surface area contributed by atoms with Gasteiger partial charge in [-0.1, -0.05) is 48.6 Å². The average molecular weight is 527 g/mol. The maximum Gasteiger partial charge on any atom is 0.255 e. The molecule has 1 aliphatic heterocycles. The Kier molecular flexibility index (Phi) is 5.02. The highest BCUT2D eigenvalue weighted by atomic mass is 16.5. The summed E-state index contributed by atoms with van der Waals surface area (Å²) < 4.78 is 6.01. The van der Waals surface area contributed by atoms with Crippen molar-refractivity contribution in [3.05, 3.63) is 109 Å².